The molecule has 138 valence electrons. The van der Waals surface area contributed by atoms with Gasteiger partial charge in [-0.1, -0.05) is 6.07 Å². The minimum absolute atomic E-state index is 0.761. The highest BCUT2D eigenvalue weighted by atomic mass is 32.1. The van der Waals surface area contributed by atoms with Crippen molar-refractivity contribution in [2.24, 2.45) is 0 Å². The maximum atomic E-state index is 5.68. The Kier molecular flexibility index (Phi) is 3.56. The first kappa shape index (κ1) is 16.0. The fourth-order valence-corrected chi connectivity index (χ4v) is 4.67. The first-order chi connectivity index (χ1) is 13.8. The number of fused-ring (bicyclic) bond motifs is 2. The number of hydrogen-bond donors (Lipinski definition) is 1. The van der Waals surface area contributed by atoms with Crippen LogP contribution in [0.25, 0.3) is 33.2 Å². The van der Waals surface area contributed by atoms with Gasteiger partial charge in [0.05, 0.1) is 29.5 Å². The van der Waals surface area contributed by atoms with E-state index in [0.29, 0.717) is 0 Å². The van der Waals surface area contributed by atoms with Crippen molar-refractivity contribution >= 4 is 11.3 Å². The molecule has 0 amide bonds. The fourth-order valence-electron chi connectivity index (χ4n) is 4.00. The molecule has 2 aromatic heterocycles. The lowest BCUT2D eigenvalue weighted by atomic mass is 10.0. The molecule has 0 spiro atoms. The molecule has 0 radical (unpaired) electrons. The van der Waals surface area contributed by atoms with E-state index < -0.39 is 0 Å². The van der Waals surface area contributed by atoms with Crippen LogP contribution in [0.2, 0.25) is 0 Å². The zero-order chi connectivity index (χ0) is 18.5. The average Bonchev–Trinajstić information content (AvgIpc) is 3.53. The zero-order valence-electron chi connectivity index (χ0n) is 15.2. The van der Waals surface area contributed by atoms with E-state index in [-0.39, 0.29) is 0 Å². The van der Waals surface area contributed by atoms with E-state index in [1.165, 1.54) is 11.1 Å². The van der Waals surface area contributed by atoms with Crippen molar-refractivity contribution in [1.29, 1.82) is 0 Å². The van der Waals surface area contributed by atoms with Crippen molar-refractivity contribution < 1.29 is 9.47 Å². The number of hydrogen-bond acceptors (Lipinski definition) is 4. The van der Waals surface area contributed by atoms with Crippen LogP contribution in [-0.4, -0.2) is 23.2 Å². The van der Waals surface area contributed by atoms with E-state index in [1.54, 1.807) is 11.3 Å². The quantitative estimate of drug-likeness (QED) is 0.517. The predicted octanol–water partition coefficient (Wildman–Crippen LogP) is 5.34. The highest BCUT2D eigenvalue weighted by Crippen LogP contribution is 2.38. The summed E-state index contributed by atoms with van der Waals surface area (Å²) >= 11 is 1.69. The molecule has 5 heteroatoms. The molecule has 4 aromatic rings. The number of imidazole rings is 1. The van der Waals surface area contributed by atoms with Gasteiger partial charge in [-0.3, -0.25) is 0 Å². The SMILES string of the molecule is c1csc(-c2nc(-c3ccc4c(c3)CCO4)c(-c3ccc4c(c3)CCO4)[nH]2)c1. The van der Waals surface area contributed by atoms with E-state index >= 15 is 0 Å². The topological polar surface area (TPSA) is 47.1 Å². The molecule has 28 heavy (non-hydrogen) atoms. The van der Waals surface area contributed by atoms with Crippen LogP contribution in [-0.2, 0) is 12.8 Å². The third kappa shape index (κ3) is 2.54. The number of thiophene rings is 1. The zero-order valence-corrected chi connectivity index (χ0v) is 16.0. The molecule has 0 aliphatic carbocycles. The molecular weight excluding hydrogens is 368 g/mol. The summed E-state index contributed by atoms with van der Waals surface area (Å²) in [5.41, 5.74) is 6.82. The summed E-state index contributed by atoms with van der Waals surface area (Å²) < 4.78 is 11.4. The smallest absolute Gasteiger partial charge is 0.148 e. The lowest BCUT2D eigenvalue weighted by Crippen LogP contribution is -1.87. The molecule has 4 heterocycles. The average molecular weight is 386 g/mol. The number of ether oxygens (including phenoxy) is 2. The lowest BCUT2D eigenvalue weighted by molar-refractivity contribution is 0.356. The van der Waals surface area contributed by atoms with Crippen LogP contribution < -0.4 is 9.47 Å². The summed E-state index contributed by atoms with van der Waals surface area (Å²) in [6, 6.07) is 17.0. The minimum atomic E-state index is 0.761. The van der Waals surface area contributed by atoms with Gasteiger partial charge >= 0.3 is 0 Å². The Hall–Kier alpha value is -3.05. The first-order valence-corrected chi connectivity index (χ1v) is 10.4. The molecule has 2 aromatic carbocycles. The summed E-state index contributed by atoms with van der Waals surface area (Å²) in [6.07, 6.45) is 1.91. The first-order valence-electron chi connectivity index (χ1n) is 9.51. The molecule has 0 unspecified atom stereocenters. The van der Waals surface area contributed by atoms with Crippen LogP contribution in [0.3, 0.4) is 0 Å². The minimum Gasteiger partial charge on any atom is -0.493 e. The molecule has 4 nitrogen and oxygen atoms in total. The number of benzene rings is 2. The van der Waals surface area contributed by atoms with Crippen LogP contribution in [0.4, 0.5) is 0 Å². The summed E-state index contributed by atoms with van der Waals surface area (Å²) in [4.78, 5) is 9.73. The second-order valence-corrected chi connectivity index (χ2v) is 8.08. The Labute approximate surface area is 166 Å². The molecule has 6 rings (SSSR count). The highest BCUT2D eigenvalue weighted by Gasteiger charge is 2.20. The lowest BCUT2D eigenvalue weighted by Gasteiger charge is -2.07. The summed E-state index contributed by atoms with van der Waals surface area (Å²) in [7, 11) is 0. The van der Waals surface area contributed by atoms with E-state index in [0.717, 1.165) is 70.8 Å². The molecule has 0 bridgehead atoms. The van der Waals surface area contributed by atoms with Gasteiger partial charge in [0.2, 0.25) is 0 Å². The Bertz CT molecular complexity index is 1100. The van der Waals surface area contributed by atoms with Crippen molar-refractivity contribution in [3.8, 4) is 44.7 Å². The summed E-state index contributed by atoms with van der Waals surface area (Å²) in [6.45, 7) is 1.53. The Morgan fingerprint density at radius 1 is 0.857 bits per heavy atom. The second kappa shape index (κ2) is 6.24. The molecule has 2 aliphatic rings. The largest absolute Gasteiger partial charge is 0.493 e. The number of nitrogens with one attached hydrogen (secondary N) is 1. The summed E-state index contributed by atoms with van der Waals surface area (Å²) in [5.74, 6) is 2.90. The standard InChI is InChI=1S/C23H18N2O2S/c1-2-20(28-11-1)23-24-21(16-3-5-18-14(12-16)7-9-26-18)22(25-23)17-4-6-19-15(13-17)8-10-27-19/h1-6,11-13H,7-10H2,(H,24,25). The number of aromatic nitrogens is 2. The Morgan fingerprint density at radius 2 is 1.57 bits per heavy atom. The van der Waals surface area contributed by atoms with Crippen LogP contribution >= 0.6 is 11.3 Å². The Balaban J connectivity index is 1.53. The molecule has 2 aliphatic heterocycles. The van der Waals surface area contributed by atoms with Gasteiger partial charge in [0.1, 0.15) is 17.3 Å². The number of H-pyrrole nitrogens is 1. The van der Waals surface area contributed by atoms with E-state index in [4.69, 9.17) is 14.5 Å². The molecule has 0 fully saturated rings. The van der Waals surface area contributed by atoms with Gasteiger partial charge in [-0.25, -0.2) is 4.98 Å². The maximum absolute atomic E-state index is 5.68. The second-order valence-electron chi connectivity index (χ2n) is 7.13. The predicted molar refractivity (Wildman–Crippen MR) is 111 cm³/mol. The van der Waals surface area contributed by atoms with Crippen molar-refractivity contribution in [2.45, 2.75) is 12.8 Å². The molecule has 0 saturated heterocycles. The monoisotopic (exact) mass is 386 g/mol. The Morgan fingerprint density at radius 3 is 2.29 bits per heavy atom. The number of rotatable bonds is 3. The third-order valence-corrected chi connectivity index (χ3v) is 6.28. The molecule has 0 atom stereocenters. The summed E-state index contributed by atoms with van der Waals surface area (Å²) in [5, 5.41) is 2.08. The van der Waals surface area contributed by atoms with Crippen LogP contribution in [0, 0.1) is 0 Å². The molecule has 0 saturated carbocycles. The molecular formula is C23H18N2O2S. The molecule has 1 N–H and O–H groups in total. The van der Waals surface area contributed by atoms with Gasteiger partial charge in [0.15, 0.2) is 0 Å². The van der Waals surface area contributed by atoms with Crippen molar-refractivity contribution in [3.63, 3.8) is 0 Å². The van der Waals surface area contributed by atoms with Crippen LogP contribution in [0.5, 0.6) is 11.5 Å². The van der Waals surface area contributed by atoms with E-state index in [9.17, 15) is 0 Å². The van der Waals surface area contributed by atoms with Gasteiger partial charge < -0.3 is 14.5 Å². The van der Waals surface area contributed by atoms with E-state index in [1.807, 2.05) is 0 Å². The fraction of sp³-hybridized carbons (Fsp3) is 0.174. The van der Waals surface area contributed by atoms with Crippen molar-refractivity contribution in [1.82, 2.24) is 9.97 Å². The van der Waals surface area contributed by atoms with Crippen LogP contribution in [0.15, 0.2) is 53.9 Å². The van der Waals surface area contributed by atoms with Crippen molar-refractivity contribution in [2.75, 3.05) is 13.2 Å². The van der Waals surface area contributed by atoms with Gasteiger partial charge in [-0.05, 0) is 59.0 Å². The highest BCUT2D eigenvalue weighted by molar-refractivity contribution is 7.13. The third-order valence-electron chi connectivity index (χ3n) is 5.40. The van der Waals surface area contributed by atoms with Crippen molar-refractivity contribution in [3.05, 3.63) is 65.0 Å². The van der Waals surface area contributed by atoms with Gasteiger partial charge in [-0.2, -0.15) is 0 Å². The number of aromatic amines is 1. The van der Waals surface area contributed by atoms with Gasteiger partial charge in [0, 0.05) is 24.0 Å². The normalized spacial score (nSPS) is 14.4. The maximum Gasteiger partial charge on any atom is 0.148 e. The van der Waals surface area contributed by atoms with Gasteiger partial charge in [0.25, 0.3) is 0 Å². The van der Waals surface area contributed by atoms with Crippen LogP contribution in [0.1, 0.15) is 11.1 Å². The number of nitrogens with zero attached hydrogens (tertiary/aromatic N) is 1. The van der Waals surface area contributed by atoms with E-state index in [2.05, 4.69) is 58.9 Å². The van der Waals surface area contributed by atoms with Gasteiger partial charge in [-0.15, -0.1) is 11.3 Å².